The highest BCUT2D eigenvalue weighted by Gasteiger charge is 2.00. The normalized spacial score (nSPS) is 10.4. The zero-order chi connectivity index (χ0) is 11.5. The van der Waals surface area contributed by atoms with Crippen molar-refractivity contribution < 1.29 is 0 Å². The van der Waals surface area contributed by atoms with E-state index in [0.29, 0.717) is 0 Å². The maximum Gasteiger partial charge on any atom is 0.0701 e. The summed E-state index contributed by atoms with van der Waals surface area (Å²) in [6.45, 7) is 2.89. The first-order chi connectivity index (χ1) is 7.65. The van der Waals surface area contributed by atoms with Crippen molar-refractivity contribution in [3.05, 3.63) is 49.6 Å². The third-order valence-corrected chi connectivity index (χ3v) is 4.08. The lowest BCUT2D eigenvalue weighted by atomic mass is 10.2. The van der Waals surface area contributed by atoms with Gasteiger partial charge >= 0.3 is 0 Å². The molecule has 1 aromatic heterocycles. The Morgan fingerprint density at radius 2 is 2.19 bits per heavy atom. The number of anilines is 1. The van der Waals surface area contributed by atoms with Crippen molar-refractivity contribution >= 4 is 44.6 Å². The van der Waals surface area contributed by atoms with E-state index in [0.717, 1.165) is 21.0 Å². The Hall–Kier alpha value is -0.510. The molecule has 1 heterocycles. The van der Waals surface area contributed by atoms with Gasteiger partial charge in [0.2, 0.25) is 0 Å². The molecule has 0 saturated heterocycles. The molecule has 0 aliphatic heterocycles. The summed E-state index contributed by atoms with van der Waals surface area (Å²) in [5.74, 6) is 0. The number of aryl methyl sites for hydroxylation is 1. The number of nitrogens with one attached hydrogen (secondary N) is 1. The van der Waals surface area contributed by atoms with Crippen molar-refractivity contribution in [2.75, 3.05) is 5.32 Å². The van der Waals surface area contributed by atoms with Crippen LogP contribution in [0, 0.1) is 6.92 Å². The van der Waals surface area contributed by atoms with Crippen LogP contribution in [0.2, 0.25) is 5.02 Å². The zero-order valence-corrected chi connectivity index (χ0v) is 11.9. The maximum absolute atomic E-state index is 5.91. The first-order valence-corrected chi connectivity index (χ1v) is 6.93. The molecule has 0 bridgehead atoms. The fourth-order valence-electron chi connectivity index (χ4n) is 1.46. The van der Waals surface area contributed by atoms with Gasteiger partial charge in [-0.25, -0.2) is 0 Å². The molecule has 2 rings (SSSR count). The number of hydrogen-bond acceptors (Lipinski definition) is 2. The highest BCUT2D eigenvalue weighted by atomic mass is 79.9. The van der Waals surface area contributed by atoms with E-state index in [-0.39, 0.29) is 0 Å². The molecule has 1 aromatic carbocycles. The van der Waals surface area contributed by atoms with E-state index >= 15 is 0 Å². The second-order valence-electron chi connectivity index (χ2n) is 3.57. The molecule has 84 valence electrons. The van der Waals surface area contributed by atoms with Crippen molar-refractivity contribution in [1.29, 1.82) is 0 Å². The molecule has 1 nitrogen and oxygen atoms in total. The van der Waals surface area contributed by atoms with E-state index in [1.54, 1.807) is 11.3 Å². The molecule has 2 aromatic rings. The summed E-state index contributed by atoms with van der Waals surface area (Å²) in [7, 11) is 0. The minimum atomic E-state index is 0.779. The fourth-order valence-corrected chi connectivity index (χ4v) is 2.90. The van der Waals surface area contributed by atoms with Gasteiger partial charge in [-0.3, -0.25) is 0 Å². The quantitative estimate of drug-likeness (QED) is 0.832. The maximum atomic E-state index is 5.91. The number of hydrogen-bond donors (Lipinski definition) is 1. The molecule has 0 spiro atoms. The molecule has 0 aliphatic rings. The lowest BCUT2D eigenvalue weighted by Gasteiger charge is -2.08. The Balaban J connectivity index is 2.04. The van der Waals surface area contributed by atoms with Gasteiger partial charge in [-0.05, 0) is 63.6 Å². The van der Waals surface area contributed by atoms with Crippen molar-refractivity contribution in [2.24, 2.45) is 0 Å². The monoisotopic (exact) mass is 315 g/mol. The highest BCUT2D eigenvalue weighted by molar-refractivity contribution is 9.11. The molecule has 0 aliphatic carbocycles. The van der Waals surface area contributed by atoms with Gasteiger partial charge in [-0.1, -0.05) is 11.6 Å². The van der Waals surface area contributed by atoms with E-state index in [2.05, 4.69) is 39.6 Å². The lowest BCUT2D eigenvalue weighted by Crippen LogP contribution is -1.99. The van der Waals surface area contributed by atoms with Gasteiger partial charge in [0.05, 0.1) is 3.79 Å². The van der Waals surface area contributed by atoms with Gasteiger partial charge in [0, 0.05) is 17.3 Å². The van der Waals surface area contributed by atoms with Gasteiger partial charge in [0.1, 0.15) is 0 Å². The standard InChI is InChI=1S/C12H11BrClNS/c1-8-4-10(14)2-3-11(8)15-6-9-5-12(13)16-7-9/h2-5,7,15H,6H2,1H3. The summed E-state index contributed by atoms with van der Waals surface area (Å²) in [4.78, 5) is 0. The van der Waals surface area contributed by atoms with Crippen LogP contribution >= 0.6 is 38.9 Å². The molecule has 0 radical (unpaired) electrons. The summed E-state index contributed by atoms with van der Waals surface area (Å²) in [5.41, 5.74) is 3.58. The molecule has 0 saturated carbocycles. The highest BCUT2D eigenvalue weighted by Crippen LogP contribution is 2.23. The van der Waals surface area contributed by atoms with E-state index < -0.39 is 0 Å². The van der Waals surface area contributed by atoms with Gasteiger partial charge in [-0.2, -0.15) is 0 Å². The van der Waals surface area contributed by atoms with Gasteiger partial charge < -0.3 is 5.32 Å². The van der Waals surface area contributed by atoms with Crippen LogP contribution in [0.15, 0.2) is 33.4 Å². The van der Waals surface area contributed by atoms with Crippen LogP contribution in [-0.4, -0.2) is 0 Å². The summed E-state index contributed by atoms with van der Waals surface area (Å²) < 4.78 is 1.16. The lowest BCUT2D eigenvalue weighted by molar-refractivity contribution is 1.15. The number of rotatable bonds is 3. The van der Waals surface area contributed by atoms with Gasteiger partial charge in [0.15, 0.2) is 0 Å². The first kappa shape index (κ1) is 12.0. The molecule has 0 unspecified atom stereocenters. The van der Waals surface area contributed by atoms with Crippen LogP contribution in [0.25, 0.3) is 0 Å². The van der Waals surface area contributed by atoms with Gasteiger partial charge in [-0.15, -0.1) is 11.3 Å². The largest absolute Gasteiger partial charge is 0.381 e. The average Bonchev–Trinajstić information content (AvgIpc) is 2.63. The second-order valence-corrected chi connectivity index (χ2v) is 6.30. The van der Waals surface area contributed by atoms with Crippen LogP contribution in [-0.2, 0) is 6.54 Å². The summed E-state index contributed by atoms with van der Waals surface area (Å²) in [6.07, 6.45) is 0. The fraction of sp³-hybridized carbons (Fsp3) is 0.167. The number of thiophene rings is 1. The predicted octanol–water partition coefficient (Wildman–Crippen LogP) is 5.08. The number of halogens is 2. The molecule has 16 heavy (non-hydrogen) atoms. The number of benzene rings is 1. The Labute approximate surface area is 113 Å². The average molecular weight is 317 g/mol. The molecular weight excluding hydrogens is 306 g/mol. The third-order valence-electron chi connectivity index (χ3n) is 2.29. The molecule has 0 amide bonds. The van der Waals surface area contributed by atoms with E-state index in [1.807, 2.05) is 18.2 Å². The second kappa shape index (κ2) is 5.21. The van der Waals surface area contributed by atoms with E-state index in [1.165, 1.54) is 11.1 Å². The van der Waals surface area contributed by atoms with Crippen LogP contribution < -0.4 is 5.32 Å². The minimum Gasteiger partial charge on any atom is -0.381 e. The predicted molar refractivity (Wildman–Crippen MR) is 75.5 cm³/mol. The SMILES string of the molecule is Cc1cc(Cl)ccc1NCc1csc(Br)c1. The summed E-state index contributed by atoms with van der Waals surface area (Å²) >= 11 is 11.1. The van der Waals surface area contributed by atoms with Crippen LogP contribution in [0.3, 0.4) is 0 Å². The third kappa shape index (κ3) is 3.00. The molecule has 1 N–H and O–H groups in total. The Kier molecular flexibility index (Phi) is 3.90. The molecule has 4 heteroatoms. The van der Waals surface area contributed by atoms with Crippen LogP contribution in [0.4, 0.5) is 5.69 Å². The van der Waals surface area contributed by atoms with Crippen molar-refractivity contribution in [2.45, 2.75) is 13.5 Å². The van der Waals surface area contributed by atoms with Crippen molar-refractivity contribution in [1.82, 2.24) is 0 Å². The summed E-state index contributed by atoms with van der Waals surface area (Å²) in [6, 6.07) is 8.01. The first-order valence-electron chi connectivity index (χ1n) is 4.88. The van der Waals surface area contributed by atoms with Crippen molar-refractivity contribution in [3.8, 4) is 0 Å². The van der Waals surface area contributed by atoms with Gasteiger partial charge in [0.25, 0.3) is 0 Å². The molecule has 0 fully saturated rings. The van der Waals surface area contributed by atoms with Crippen LogP contribution in [0.5, 0.6) is 0 Å². The van der Waals surface area contributed by atoms with Crippen molar-refractivity contribution in [3.63, 3.8) is 0 Å². The molecule has 0 atom stereocenters. The topological polar surface area (TPSA) is 12.0 Å². The van der Waals surface area contributed by atoms with E-state index in [4.69, 9.17) is 11.6 Å². The Morgan fingerprint density at radius 1 is 1.38 bits per heavy atom. The smallest absolute Gasteiger partial charge is 0.0701 e. The Morgan fingerprint density at radius 3 is 2.81 bits per heavy atom. The zero-order valence-electron chi connectivity index (χ0n) is 8.76. The van der Waals surface area contributed by atoms with Crippen LogP contribution in [0.1, 0.15) is 11.1 Å². The minimum absolute atomic E-state index is 0.779. The van der Waals surface area contributed by atoms with E-state index in [9.17, 15) is 0 Å². The summed E-state index contributed by atoms with van der Waals surface area (Å²) in [5, 5.41) is 6.32. The Bertz CT molecular complexity index is 496. The molecular formula is C12H11BrClNS.